The van der Waals surface area contributed by atoms with Gasteiger partial charge in [-0.25, -0.2) is 15.0 Å². The van der Waals surface area contributed by atoms with Gasteiger partial charge in [0.05, 0.1) is 23.0 Å². The standard InChI is InChI=1S/C31H25ClN4/c1-20-8-12-22(13-9-20)28-19-29(23-14-10-21(2)11-15-23)36(35-28)31-33-27-17-16-25(32)18-26(27)30(34-31)24-6-4-3-5-7-24/h3-18,29H,19H2,1-2H3/t29-/m1/s1. The smallest absolute Gasteiger partial charge is 0.223 e. The highest BCUT2D eigenvalue weighted by Gasteiger charge is 2.32. The molecule has 0 amide bonds. The number of nitrogens with zero attached hydrogens (tertiary/aromatic N) is 4. The first kappa shape index (κ1) is 22.4. The van der Waals surface area contributed by atoms with Gasteiger partial charge in [-0.15, -0.1) is 0 Å². The maximum absolute atomic E-state index is 6.37. The van der Waals surface area contributed by atoms with Gasteiger partial charge in [-0.05, 0) is 43.2 Å². The molecule has 0 saturated carbocycles. The first-order chi connectivity index (χ1) is 17.5. The molecule has 0 aliphatic carbocycles. The zero-order valence-electron chi connectivity index (χ0n) is 20.2. The van der Waals surface area contributed by atoms with Gasteiger partial charge in [0.15, 0.2) is 0 Å². The minimum absolute atomic E-state index is 0.00437. The van der Waals surface area contributed by atoms with Crippen molar-refractivity contribution in [2.24, 2.45) is 5.10 Å². The molecule has 36 heavy (non-hydrogen) atoms. The Labute approximate surface area is 215 Å². The molecule has 0 unspecified atom stereocenters. The third kappa shape index (κ3) is 4.25. The van der Waals surface area contributed by atoms with Crippen LogP contribution in [0.5, 0.6) is 0 Å². The normalized spacial score (nSPS) is 15.4. The third-order valence-corrected chi connectivity index (χ3v) is 6.89. The Kier molecular flexibility index (Phi) is 5.74. The minimum Gasteiger partial charge on any atom is -0.223 e. The predicted molar refractivity (Wildman–Crippen MR) is 149 cm³/mol. The van der Waals surface area contributed by atoms with Gasteiger partial charge in [0.1, 0.15) is 0 Å². The van der Waals surface area contributed by atoms with E-state index in [2.05, 4.69) is 74.5 Å². The summed E-state index contributed by atoms with van der Waals surface area (Å²) in [5.41, 5.74) is 8.50. The molecule has 5 heteroatoms. The van der Waals surface area contributed by atoms with E-state index in [1.165, 1.54) is 16.7 Å². The van der Waals surface area contributed by atoms with Crippen LogP contribution in [-0.4, -0.2) is 15.7 Å². The Morgan fingerprint density at radius 2 is 1.44 bits per heavy atom. The number of benzene rings is 4. The third-order valence-electron chi connectivity index (χ3n) is 6.66. The van der Waals surface area contributed by atoms with Crippen molar-refractivity contribution >= 4 is 34.2 Å². The summed E-state index contributed by atoms with van der Waals surface area (Å²) in [5.74, 6) is 0.580. The first-order valence-corrected chi connectivity index (χ1v) is 12.5. The van der Waals surface area contributed by atoms with Gasteiger partial charge in [0, 0.05) is 22.4 Å². The molecule has 176 valence electrons. The second-order valence-electron chi connectivity index (χ2n) is 9.29. The Balaban J connectivity index is 1.53. The average Bonchev–Trinajstić information content (AvgIpc) is 3.35. The maximum Gasteiger partial charge on any atom is 0.247 e. The lowest BCUT2D eigenvalue weighted by atomic mass is 9.97. The summed E-state index contributed by atoms with van der Waals surface area (Å²) in [6.45, 7) is 4.20. The van der Waals surface area contributed by atoms with E-state index in [-0.39, 0.29) is 6.04 Å². The van der Waals surface area contributed by atoms with Crippen LogP contribution < -0.4 is 5.01 Å². The monoisotopic (exact) mass is 488 g/mol. The SMILES string of the molecule is Cc1ccc(C2=NN(c3nc(-c4ccccc4)c4cc(Cl)ccc4n3)[C@@H](c3ccc(C)cc3)C2)cc1. The number of hydrazone groups is 1. The average molecular weight is 489 g/mol. The Morgan fingerprint density at radius 3 is 2.17 bits per heavy atom. The van der Waals surface area contributed by atoms with Gasteiger partial charge in [-0.3, -0.25) is 0 Å². The summed E-state index contributed by atoms with van der Waals surface area (Å²) in [5, 5.41) is 8.67. The molecule has 6 rings (SSSR count). The molecular formula is C31H25ClN4. The molecule has 0 bridgehead atoms. The maximum atomic E-state index is 6.37. The predicted octanol–water partition coefficient (Wildman–Crippen LogP) is 7.92. The van der Waals surface area contributed by atoms with Crippen LogP contribution >= 0.6 is 11.6 Å². The summed E-state index contributed by atoms with van der Waals surface area (Å²) in [6, 6.07) is 33.1. The largest absolute Gasteiger partial charge is 0.247 e. The number of anilines is 1. The zero-order valence-corrected chi connectivity index (χ0v) is 20.9. The molecule has 1 atom stereocenters. The lowest BCUT2D eigenvalue weighted by Gasteiger charge is -2.23. The molecule has 0 radical (unpaired) electrons. The van der Waals surface area contributed by atoms with Crippen LogP contribution in [0.15, 0.2) is 102 Å². The van der Waals surface area contributed by atoms with Crippen LogP contribution in [0.3, 0.4) is 0 Å². The quantitative estimate of drug-likeness (QED) is 0.258. The van der Waals surface area contributed by atoms with E-state index in [1.807, 2.05) is 41.4 Å². The number of aryl methyl sites for hydroxylation is 2. The van der Waals surface area contributed by atoms with Crippen molar-refractivity contribution in [2.45, 2.75) is 26.3 Å². The number of hydrogen-bond acceptors (Lipinski definition) is 4. The van der Waals surface area contributed by atoms with Crippen LogP contribution in [0.25, 0.3) is 22.2 Å². The van der Waals surface area contributed by atoms with Gasteiger partial charge in [0.2, 0.25) is 5.95 Å². The van der Waals surface area contributed by atoms with Crippen molar-refractivity contribution in [3.05, 3.63) is 124 Å². The van der Waals surface area contributed by atoms with Gasteiger partial charge in [-0.2, -0.15) is 5.10 Å². The molecule has 1 aliphatic heterocycles. The van der Waals surface area contributed by atoms with Crippen LogP contribution in [0.4, 0.5) is 5.95 Å². The summed E-state index contributed by atoms with van der Waals surface area (Å²) in [6.07, 6.45) is 0.773. The van der Waals surface area contributed by atoms with Gasteiger partial charge < -0.3 is 0 Å². The highest BCUT2D eigenvalue weighted by Crippen LogP contribution is 2.38. The van der Waals surface area contributed by atoms with Gasteiger partial charge in [-0.1, -0.05) is 102 Å². The first-order valence-electron chi connectivity index (χ1n) is 12.1. The number of halogens is 1. The number of fused-ring (bicyclic) bond motifs is 1. The summed E-state index contributed by atoms with van der Waals surface area (Å²) in [7, 11) is 0. The lowest BCUT2D eigenvalue weighted by Crippen LogP contribution is -2.21. The molecule has 0 saturated heterocycles. The van der Waals surface area contributed by atoms with Crippen molar-refractivity contribution in [1.82, 2.24) is 9.97 Å². The molecule has 4 aromatic carbocycles. The van der Waals surface area contributed by atoms with Crippen molar-refractivity contribution in [3.63, 3.8) is 0 Å². The molecule has 2 heterocycles. The van der Waals surface area contributed by atoms with E-state index in [4.69, 9.17) is 26.7 Å². The second kappa shape index (κ2) is 9.21. The Morgan fingerprint density at radius 1 is 0.750 bits per heavy atom. The van der Waals surface area contributed by atoms with E-state index in [0.29, 0.717) is 11.0 Å². The lowest BCUT2D eigenvalue weighted by molar-refractivity contribution is 0.689. The van der Waals surface area contributed by atoms with E-state index in [1.54, 1.807) is 0 Å². The second-order valence-corrected chi connectivity index (χ2v) is 9.72. The van der Waals surface area contributed by atoms with E-state index in [0.717, 1.165) is 39.9 Å². The van der Waals surface area contributed by atoms with Crippen LogP contribution in [0, 0.1) is 13.8 Å². The highest BCUT2D eigenvalue weighted by molar-refractivity contribution is 6.31. The zero-order chi connectivity index (χ0) is 24.6. The van der Waals surface area contributed by atoms with Gasteiger partial charge >= 0.3 is 0 Å². The van der Waals surface area contributed by atoms with Crippen molar-refractivity contribution in [3.8, 4) is 11.3 Å². The molecular weight excluding hydrogens is 464 g/mol. The molecule has 5 aromatic rings. The van der Waals surface area contributed by atoms with E-state index >= 15 is 0 Å². The number of aromatic nitrogens is 2. The minimum atomic E-state index is -0.00437. The number of rotatable bonds is 4. The highest BCUT2D eigenvalue weighted by atomic mass is 35.5. The van der Waals surface area contributed by atoms with Crippen LogP contribution in [0.1, 0.15) is 34.7 Å². The number of hydrogen-bond donors (Lipinski definition) is 0. The van der Waals surface area contributed by atoms with Crippen molar-refractivity contribution in [1.29, 1.82) is 0 Å². The fraction of sp³-hybridized carbons (Fsp3) is 0.129. The molecule has 0 spiro atoms. The summed E-state index contributed by atoms with van der Waals surface area (Å²) in [4.78, 5) is 10.0. The Hall–Kier alpha value is -4.02. The molecule has 0 fully saturated rings. The van der Waals surface area contributed by atoms with E-state index in [9.17, 15) is 0 Å². The van der Waals surface area contributed by atoms with Crippen molar-refractivity contribution < 1.29 is 0 Å². The van der Waals surface area contributed by atoms with Crippen LogP contribution in [-0.2, 0) is 0 Å². The summed E-state index contributed by atoms with van der Waals surface area (Å²) >= 11 is 6.37. The fourth-order valence-electron chi connectivity index (χ4n) is 4.67. The van der Waals surface area contributed by atoms with E-state index < -0.39 is 0 Å². The Bertz CT molecular complexity index is 1580. The molecule has 1 aliphatic rings. The van der Waals surface area contributed by atoms with Gasteiger partial charge in [0.25, 0.3) is 0 Å². The van der Waals surface area contributed by atoms with Crippen LogP contribution in [0.2, 0.25) is 5.02 Å². The summed E-state index contributed by atoms with van der Waals surface area (Å²) < 4.78 is 0. The topological polar surface area (TPSA) is 41.4 Å². The molecule has 4 nitrogen and oxygen atoms in total. The fourth-order valence-corrected chi connectivity index (χ4v) is 4.84. The molecule has 0 N–H and O–H groups in total. The molecule has 1 aromatic heterocycles. The van der Waals surface area contributed by atoms with Crippen molar-refractivity contribution in [2.75, 3.05) is 5.01 Å².